The molecular formula is C9H14N4O. The summed E-state index contributed by atoms with van der Waals surface area (Å²) in [6.45, 7) is 1.91. The summed E-state index contributed by atoms with van der Waals surface area (Å²) in [5, 5.41) is 9.41. The van der Waals surface area contributed by atoms with Gasteiger partial charge in [-0.1, -0.05) is 0 Å². The standard InChI is InChI=1S/C9H14N4O/c10-3-7-4-11-6-12-9(7)13-2-1-8(14)5-13/h4,6,8,14H,1-3,5,10H2. The average molecular weight is 194 g/mol. The number of aliphatic hydroxyl groups is 1. The molecule has 0 aliphatic carbocycles. The molecule has 1 saturated heterocycles. The highest BCUT2D eigenvalue weighted by Crippen LogP contribution is 2.20. The summed E-state index contributed by atoms with van der Waals surface area (Å²) in [4.78, 5) is 10.2. The van der Waals surface area contributed by atoms with Gasteiger partial charge in [0.25, 0.3) is 0 Å². The Bertz CT molecular complexity index is 317. The summed E-state index contributed by atoms with van der Waals surface area (Å²) in [7, 11) is 0. The molecule has 0 bridgehead atoms. The summed E-state index contributed by atoms with van der Waals surface area (Å²) in [6, 6.07) is 0. The number of hydrogen-bond donors (Lipinski definition) is 2. The van der Waals surface area contributed by atoms with Crippen molar-refractivity contribution >= 4 is 5.82 Å². The van der Waals surface area contributed by atoms with E-state index < -0.39 is 0 Å². The molecule has 5 nitrogen and oxygen atoms in total. The molecule has 1 unspecified atom stereocenters. The highest BCUT2D eigenvalue weighted by Gasteiger charge is 2.22. The van der Waals surface area contributed by atoms with Crippen LogP contribution >= 0.6 is 0 Å². The van der Waals surface area contributed by atoms with Crippen LogP contribution in [0.2, 0.25) is 0 Å². The molecule has 1 aliphatic rings. The zero-order chi connectivity index (χ0) is 9.97. The third-order valence-corrected chi connectivity index (χ3v) is 2.45. The van der Waals surface area contributed by atoms with Crippen molar-refractivity contribution in [1.29, 1.82) is 0 Å². The van der Waals surface area contributed by atoms with Gasteiger partial charge in [-0.2, -0.15) is 0 Å². The van der Waals surface area contributed by atoms with Crippen molar-refractivity contribution in [3.05, 3.63) is 18.1 Å². The Hall–Kier alpha value is -1.20. The van der Waals surface area contributed by atoms with Crippen LogP contribution in [0.3, 0.4) is 0 Å². The van der Waals surface area contributed by atoms with E-state index in [-0.39, 0.29) is 6.10 Å². The third kappa shape index (κ3) is 1.69. The van der Waals surface area contributed by atoms with Crippen molar-refractivity contribution in [3.63, 3.8) is 0 Å². The van der Waals surface area contributed by atoms with E-state index in [1.54, 1.807) is 6.20 Å². The largest absolute Gasteiger partial charge is 0.391 e. The molecule has 1 aromatic rings. The first-order valence-corrected chi connectivity index (χ1v) is 4.73. The molecule has 14 heavy (non-hydrogen) atoms. The maximum absolute atomic E-state index is 9.41. The van der Waals surface area contributed by atoms with Crippen molar-refractivity contribution in [1.82, 2.24) is 9.97 Å². The second-order valence-corrected chi connectivity index (χ2v) is 3.46. The van der Waals surface area contributed by atoms with Gasteiger partial charge >= 0.3 is 0 Å². The summed E-state index contributed by atoms with van der Waals surface area (Å²) >= 11 is 0. The zero-order valence-corrected chi connectivity index (χ0v) is 7.93. The lowest BCUT2D eigenvalue weighted by molar-refractivity contribution is 0.198. The quantitative estimate of drug-likeness (QED) is 0.664. The Kier molecular flexibility index (Phi) is 2.60. The highest BCUT2D eigenvalue weighted by molar-refractivity contribution is 5.46. The highest BCUT2D eigenvalue weighted by atomic mass is 16.3. The van der Waals surface area contributed by atoms with Crippen molar-refractivity contribution in [2.45, 2.75) is 19.1 Å². The number of anilines is 1. The molecule has 0 amide bonds. The summed E-state index contributed by atoms with van der Waals surface area (Å²) in [6.07, 6.45) is 3.80. The van der Waals surface area contributed by atoms with Gasteiger partial charge in [-0.25, -0.2) is 9.97 Å². The lowest BCUT2D eigenvalue weighted by Crippen LogP contribution is -2.24. The molecule has 3 N–H and O–H groups in total. The molecule has 1 aromatic heterocycles. The van der Waals surface area contributed by atoms with Gasteiger partial charge in [0.2, 0.25) is 0 Å². The molecule has 0 spiro atoms. The van der Waals surface area contributed by atoms with Gasteiger partial charge in [0.05, 0.1) is 6.10 Å². The number of β-amino-alcohol motifs (C(OH)–C–C–N with tert-alkyl or cyclic N) is 1. The van der Waals surface area contributed by atoms with Gasteiger partial charge < -0.3 is 15.7 Å². The maximum Gasteiger partial charge on any atom is 0.136 e. The maximum atomic E-state index is 9.41. The van der Waals surface area contributed by atoms with Gasteiger partial charge in [0.15, 0.2) is 0 Å². The van der Waals surface area contributed by atoms with Crippen molar-refractivity contribution in [3.8, 4) is 0 Å². The minimum absolute atomic E-state index is 0.240. The molecule has 76 valence electrons. The number of nitrogens with zero attached hydrogens (tertiary/aromatic N) is 3. The molecule has 5 heteroatoms. The average Bonchev–Trinajstić information content (AvgIpc) is 2.65. The Morgan fingerprint density at radius 3 is 3.14 bits per heavy atom. The van der Waals surface area contributed by atoms with Gasteiger partial charge in [0.1, 0.15) is 12.1 Å². The van der Waals surface area contributed by atoms with E-state index in [4.69, 9.17) is 5.73 Å². The minimum Gasteiger partial charge on any atom is -0.391 e. The fourth-order valence-corrected chi connectivity index (χ4v) is 1.71. The van der Waals surface area contributed by atoms with Gasteiger partial charge in [-0.3, -0.25) is 0 Å². The van der Waals surface area contributed by atoms with Crippen molar-refractivity contribution in [2.75, 3.05) is 18.0 Å². The van der Waals surface area contributed by atoms with E-state index in [0.29, 0.717) is 13.1 Å². The van der Waals surface area contributed by atoms with Crippen LogP contribution in [0.25, 0.3) is 0 Å². The molecule has 2 heterocycles. The zero-order valence-electron chi connectivity index (χ0n) is 7.93. The van der Waals surface area contributed by atoms with Crippen molar-refractivity contribution in [2.24, 2.45) is 5.73 Å². The fourth-order valence-electron chi connectivity index (χ4n) is 1.71. The first-order chi connectivity index (χ1) is 6.81. The van der Waals surface area contributed by atoms with Crippen molar-refractivity contribution < 1.29 is 5.11 Å². The first-order valence-electron chi connectivity index (χ1n) is 4.73. The van der Waals surface area contributed by atoms with Gasteiger partial charge in [-0.05, 0) is 6.42 Å². The van der Waals surface area contributed by atoms with E-state index in [9.17, 15) is 5.11 Å². The second-order valence-electron chi connectivity index (χ2n) is 3.46. The molecule has 1 atom stereocenters. The predicted octanol–water partition coefficient (Wildman–Crippen LogP) is -0.494. The number of nitrogens with two attached hydrogens (primary N) is 1. The summed E-state index contributed by atoms with van der Waals surface area (Å²) < 4.78 is 0. The van der Waals surface area contributed by atoms with Gasteiger partial charge in [0, 0.05) is 31.4 Å². The van der Waals surface area contributed by atoms with E-state index >= 15 is 0 Å². The normalized spacial score (nSPS) is 21.6. The summed E-state index contributed by atoms with van der Waals surface area (Å²) in [5.74, 6) is 0.860. The molecule has 1 aliphatic heterocycles. The SMILES string of the molecule is NCc1cncnc1N1CCC(O)C1. The van der Waals surface area contributed by atoms with E-state index in [0.717, 1.165) is 24.3 Å². The van der Waals surface area contributed by atoms with Crippen LogP contribution in [0.4, 0.5) is 5.82 Å². The molecule has 0 aromatic carbocycles. The smallest absolute Gasteiger partial charge is 0.136 e. The lowest BCUT2D eigenvalue weighted by Gasteiger charge is -2.18. The summed E-state index contributed by atoms with van der Waals surface area (Å²) in [5.41, 5.74) is 6.52. The fraction of sp³-hybridized carbons (Fsp3) is 0.556. The molecule has 1 fully saturated rings. The molecule has 0 radical (unpaired) electrons. The number of rotatable bonds is 2. The number of aromatic nitrogens is 2. The van der Waals surface area contributed by atoms with Crippen LogP contribution in [0.5, 0.6) is 0 Å². The Morgan fingerprint density at radius 2 is 2.50 bits per heavy atom. The Morgan fingerprint density at radius 1 is 1.64 bits per heavy atom. The monoisotopic (exact) mass is 194 g/mol. The van der Waals surface area contributed by atoms with Crippen LogP contribution in [0, 0.1) is 0 Å². The molecule has 0 saturated carbocycles. The molecular weight excluding hydrogens is 180 g/mol. The Balaban J connectivity index is 2.22. The minimum atomic E-state index is -0.240. The van der Waals surface area contributed by atoms with E-state index in [1.807, 2.05) is 0 Å². The van der Waals surface area contributed by atoms with Crippen LogP contribution in [-0.2, 0) is 6.54 Å². The topological polar surface area (TPSA) is 75.3 Å². The van der Waals surface area contributed by atoms with Crippen LogP contribution in [0.1, 0.15) is 12.0 Å². The second kappa shape index (κ2) is 3.89. The van der Waals surface area contributed by atoms with Gasteiger partial charge in [-0.15, -0.1) is 0 Å². The lowest BCUT2D eigenvalue weighted by atomic mass is 10.3. The third-order valence-electron chi connectivity index (χ3n) is 2.45. The van der Waals surface area contributed by atoms with Crippen LogP contribution < -0.4 is 10.6 Å². The van der Waals surface area contributed by atoms with E-state index in [1.165, 1.54) is 6.33 Å². The Labute approximate surface area is 82.6 Å². The predicted molar refractivity (Wildman–Crippen MR) is 52.8 cm³/mol. The first kappa shape index (κ1) is 9.36. The van der Waals surface area contributed by atoms with Crippen LogP contribution in [0.15, 0.2) is 12.5 Å². The number of hydrogen-bond acceptors (Lipinski definition) is 5. The molecule has 2 rings (SSSR count). The number of aliphatic hydroxyl groups excluding tert-OH is 1. The van der Waals surface area contributed by atoms with Crippen LogP contribution in [-0.4, -0.2) is 34.3 Å². The van der Waals surface area contributed by atoms with E-state index in [2.05, 4.69) is 14.9 Å².